The van der Waals surface area contributed by atoms with Crippen LogP contribution in [0, 0.1) is 0 Å². The monoisotopic (exact) mass is 808 g/mol. The van der Waals surface area contributed by atoms with E-state index in [-0.39, 0.29) is 11.6 Å². The van der Waals surface area contributed by atoms with Gasteiger partial charge in [-0.05, 0) is 145 Å². The Balaban J connectivity index is 0.000000174. The Kier molecular flexibility index (Phi) is 11.3. The highest BCUT2D eigenvalue weighted by atomic mass is 32.1. The van der Waals surface area contributed by atoms with Crippen LogP contribution in [-0.2, 0) is 30.2 Å². The van der Waals surface area contributed by atoms with E-state index in [1.807, 2.05) is 26.8 Å². The van der Waals surface area contributed by atoms with Gasteiger partial charge in [-0.15, -0.1) is 22.7 Å². The van der Waals surface area contributed by atoms with E-state index in [0.717, 1.165) is 91.4 Å². The van der Waals surface area contributed by atoms with E-state index in [4.69, 9.17) is 4.74 Å². The molecular formula is C41H50F6N4O2S2. The largest absolute Gasteiger partial charge is 0.444 e. The number of carbonyl (C=O) groups is 1. The SMILES string of the molecule is CC(C)(C)OC(=O)N1CCC2(CCCN2Cc2cc3ccc(C(F)(F)F)cc3s2)CC1.FC(F)(F)c1ccc2cc(CN3CCCC34CCNCC4)sc2c1. The minimum Gasteiger partial charge on any atom is -0.444 e. The molecule has 0 atom stereocenters. The molecule has 1 N–H and O–H groups in total. The first-order valence-corrected chi connectivity index (χ1v) is 20.9. The molecule has 0 aliphatic carbocycles. The Morgan fingerprint density at radius 2 is 1.13 bits per heavy atom. The van der Waals surface area contributed by atoms with Gasteiger partial charge in [-0.1, -0.05) is 12.1 Å². The smallest absolute Gasteiger partial charge is 0.416 e. The van der Waals surface area contributed by atoms with E-state index in [0.29, 0.717) is 23.3 Å². The second kappa shape index (κ2) is 15.4. The molecule has 14 heteroatoms. The molecule has 55 heavy (non-hydrogen) atoms. The first-order chi connectivity index (χ1) is 25.9. The third-order valence-electron chi connectivity index (χ3n) is 11.9. The minimum atomic E-state index is -4.32. The number of hydrogen-bond donors (Lipinski definition) is 1. The highest BCUT2D eigenvalue weighted by Crippen LogP contribution is 2.43. The number of fused-ring (bicyclic) bond motifs is 2. The molecular weight excluding hydrogens is 759 g/mol. The predicted octanol–water partition coefficient (Wildman–Crippen LogP) is 10.9. The molecule has 0 bridgehead atoms. The maximum Gasteiger partial charge on any atom is 0.416 e. The number of nitrogens with one attached hydrogen (secondary N) is 1. The summed E-state index contributed by atoms with van der Waals surface area (Å²) in [7, 11) is 0. The van der Waals surface area contributed by atoms with Gasteiger partial charge in [0.25, 0.3) is 0 Å². The zero-order chi connectivity index (χ0) is 39.2. The molecule has 2 aromatic heterocycles. The number of likely N-dealkylation sites (tertiary alicyclic amines) is 3. The molecule has 4 saturated heterocycles. The molecule has 4 fully saturated rings. The summed E-state index contributed by atoms with van der Waals surface area (Å²) in [6.07, 6.45) is -0.0192. The molecule has 300 valence electrons. The van der Waals surface area contributed by atoms with E-state index in [9.17, 15) is 31.1 Å². The number of halogens is 6. The predicted molar refractivity (Wildman–Crippen MR) is 208 cm³/mol. The lowest BCUT2D eigenvalue weighted by atomic mass is 9.85. The van der Waals surface area contributed by atoms with Crippen molar-refractivity contribution in [1.82, 2.24) is 20.0 Å². The average Bonchev–Trinajstić information content (AvgIpc) is 3.90. The number of piperidine rings is 2. The van der Waals surface area contributed by atoms with Crippen LogP contribution in [0.5, 0.6) is 0 Å². The van der Waals surface area contributed by atoms with Crippen LogP contribution in [0.25, 0.3) is 20.2 Å². The lowest BCUT2D eigenvalue weighted by Crippen LogP contribution is -2.53. The molecule has 4 aliphatic rings. The van der Waals surface area contributed by atoms with Gasteiger partial charge in [0, 0.05) is 56.4 Å². The summed E-state index contributed by atoms with van der Waals surface area (Å²) >= 11 is 2.95. The zero-order valence-electron chi connectivity index (χ0n) is 31.7. The average molecular weight is 809 g/mol. The van der Waals surface area contributed by atoms with Crippen LogP contribution < -0.4 is 5.32 Å². The van der Waals surface area contributed by atoms with Crippen LogP contribution in [-0.4, -0.2) is 76.7 Å². The number of thiophene rings is 2. The van der Waals surface area contributed by atoms with Gasteiger partial charge in [0.15, 0.2) is 0 Å². The van der Waals surface area contributed by atoms with Gasteiger partial charge >= 0.3 is 18.4 Å². The number of carbonyl (C=O) groups excluding carboxylic acids is 1. The third-order valence-corrected chi connectivity index (χ3v) is 14.0. The Labute approximate surface area is 326 Å². The molecule has 0 unspecified atom stereocenters. The summed E-state index contributed by atoms with van der Waals surface area (Å²) in [6, 6.07) is 12.1. The van der Waals surface area contributed by atoms with Crippen molar-refractivity contribution in [2.24, 2.45) is 0 Å². The number of rotatable bonds is 4. The second-order valence-electron chi connectivity index (χ2n) is 16.6. The van der Waals surface area contributed by atoms with Crippen LogP contribution in [0.15, 0.2) is 48.5 Å². The Morgan fingerprint density at radius 1 is 0.673 bits per heavy atom. The van der Waals surface area contributed by atoms with E-state index < -0.39 is 29.1 Å². The molecule has 1 amide bonds. The van der Waals surface area contributed by atoms with Crippen molar-refractivity contribution in [1.29, 1.82) is 0 Å². The number of hydrogen-bond acceptors (Lipinski definition) is 7. The van der Waals surface area contributed by atoms with E-state index in [1.165, 1.54) is 71.4 Å². The highest BCUT2D eigenvalue weighted by molar-refractivity contribution is 7.19. The van der Waals surface area contributed by atoms with E-state index in [2.05, 4.69) is 21.2 Å². The molecule has 0 saturated carbocycles. The van der Waals surface area contributed by atoms with Gasteiger partial charge in [-0.3, -0.25) is 9.80 Å². The molecule has 0 radical (unpaired) electrons. The number of nitrogens with zero attached hydrogens (tertiary/aromatic N) is 3. The Morgan fingerprint density at radius 3 is 1.56 bits per heavy atom. The summed E-state index contributed by atoms with van der Waals surface area (Å²) in [5, 5.41) is 5.21. The number of alkyl halides is 6. The molecule has 6 heterocycles. The second-order valence-corrected chi connectivity index (χ2v) is 19.0. The molecule has 4 aliphatic heterocycles. The first kappa shape index (κ1) is 40.3. The topological polar surface area (TPSA) is 48.1 Å². The Bertz CT molecular complexity index is 1970. The van der Waals surface area contributed by atoms with Crippen molar-refractivity contribution in [2.45, 2.75) is 114 Å². The molecule has 2 spiro atoms. The van der Waals surface area contributed by atoms with E-state index in [1.54, 1.807) is 17.0 Å². The van der Waals surface area contributed by atoms with E-state index >= 15 is 0 Å². The summed E-state index contributed by atoms with van der Waals surface area (Å²) in [5.41, 5.74) is -1.29. The molecule has 4 aromatic rings. The third kappa shape index (κ3) is 9.14. The summed E-state index contributed by atoms with van der Waals surface area (Å²) in [4.78, 5) is 21.5. The highest BCUT2D eigenvalue weighted by Gasteiger charge is 2.45. The zero-order valence-corrected chi connectivity index (χ0v) is 33.3. The summed E-state index contributed by atoms with van der Waals surface area (Å²) in [5.74, 6) is 0. The number of ether oxygens (including phenoxy) is 1. The lowest BCUT2D eigenvalue weighted by molar-refractivity contribution is -0.138. The maximum atomic E-state index is 13.0. The number of amides is 1. The van der Waals surface area contributed by atoms with Crippen molar-refractivity contribution in [3.63, 3.8) is 0 Å². The lowest BCUT2D eigenvalue weighted by Gasteiger charge is -2.45. The fourth-order valence-corrected chi connectivity index (χ4v) is 11.2. The van der Waals surface area contributed by atoms with Crippen LogP contribution in [0.2, 0.25) is 0 Å². The fourth-order valence-electron chi connectivity index (χ4n) is 9.00. The van der Waals surface area contributed by atoms with Gasteiger partial charge in [-0.25, -0.2) is 4.79 Å². The van der Waals surface area contributed by atoms with Gasteiger partial charge in [0.05, 0.1) is 11.1 Å². The van der Waals surface area contributed by atoms with Crippen LogP contribution in [0.4, 0.5) is 31.1 Å². The molecule has 6 nitrogen and oxygen atoms in total. The Hall–Kier alpha value is -2.91. The standard InChI is InChI=1S/C23H29F3N2O2S.C18H21F3N2S/c1-21(2,3)30-20(29)27-11-8-22(9-12-27)7-4-10-28(22)15-18-13-16-5-6-17(23(24,25)26)14-19(16)31-18;19-18(20,21)14-3-2-13-10-15(24-16(13)11-14)12-23-9-1-4-17(23)5-7-22-8-6-17/h5-6,13-14H,4,7-12,15H2,1-3H3;2-3,10-11,22H,1,4-9,12H2. The van der Waals surface area contributed by atoms with Crippen molar-refractivity contribution >= 4 is 48.9 Å². The van der Waals surface area contributed by atoms with Crippen molar-refractivity contribution in [2.75, 3.05) is 39.3 Å². The minimum absolute atomic E-state index is 0.0613. The first-order valence-electron chi connectivity index (χ1n) is 19.3. The van der Waals surface area contributed by atoms with Crippen molar-refractivity contribution in [3.05, 3.63) is 69.4 Å². The van der Waals surface area contributed by atoms with Gasteiger partial charge in [-0.2, -0.15) is 26.3 Å². The van der Waals surface area contributed by atoms with Gasteiger partial charge in [0.2, 0.25) is 0 Å². The van der Waals surface area contributed by atoms with Gasteiger partial charge < -0.3 is 15.0 Å². The fraction of sp³-hybridized carbons (Fsp3) is 0.585. The van der Waals surface area contributed by atoms with Crippen LogP contribution in [0.3, 0.4) is 0 Å². The van der Waals surface area contributed by atoms with Crippen LogP contribution >= 0.6 is 22.7 Å². The van der Waals surface area contributed by atoms with Crippen LogP contribution in [0.1, 0.15) is 93.0 Å². The molecule has 2 aromatic carbocycles. The van der Waals surface area contributed by atoms with Crippen molar-refractivity contribution in [3.8, 4) is 0 Å². The number of benzene rings is 2. The maximum absolute atomic E-state index is 13.0. The normalized spacial score (nSPS) is 20.8. The quantitative estimate of drug-likeness (QED) is 0.208. The molecule has 8 rings (SSSR count). The van der Waals surface area contributed by atoms with Crippen molar-refractivity contribution < 1.29 is 35.9 Å². The summed E-state index contributed by atoms with van der Waals surface area (Å²) in [6.45, 7) is 12.8. The van der Waals surface area contributed by atoms with Gasteiger partial charge in [0.1, 0.15) is 5.60 Å². The summed E-state index contributed by atoms with van der Waals surface area (Å²) < 4.78 is 84.6.